The summed E-state index contributed by atoms with van der Waals surface area (Å²) in [5.74, 6) is 2.34. The molecule has 2 unspecified atom stereocenters. The molecular formula is C22H26N2. The van der Waals surface area contributed by atoms with Gasteiger partial charge in [0, 0.05) is 30.4 Å². The van der Waals surface area contributed by atoms with Crippen molar-refractivity contribution in [3.8, 4) is 0 Å². The summed E-state index contributed by atoms with van der Waals surface area (Å²) < 4.78 is 0. The molecule has 0 fully saturated rings. The second kappa shape index (κ2) is 6.01. The second-order valence-corrected chi connectivity index (χ2v) is 7.38. The van der Waals surface area contributed by atoms with Gasteiger partial charge in [0.15, 0.2) is 0 Å². The zero-order valence-electron chi connectivity index (χ0n) is 14.8. The van der Waals surface area contributed by atoms with Gasteiger partial charge in [0.05, 0.1) is 0 Å². The van der Waals surface area contributed by atoms with Crippen molar-refractivity contribution in [1.82, 2.24) is 4.98 Å². The van der Waals surface area contributed by atoms with Crippen molar-refractivity contribution in [1.29, 1.82) is 0 Å². The fourth-order valence-corrected chi connectivity index (χ4v) is 4.01. The van der Waals surface area contributed by atoms with Crippen molar-refractivity contribution in [2.24, 2.45) is 11.8 Å². The average molecular weight is 318 g/mol. The highest BCUT2D eigenvalue weighted by Crippen LogP contribution is 2.39. The van der Waals surface area contributed by atoms with E-state index < -0.39 is 0 Å². The number of rotatable bonds is 1. The Hall–Kier alpha value is -2.22. The summed E-state index contributed by atoms with van der Waals surface area (Å²) in [6.45, 7) is 5.58. The van der Waals surface area contributed by atoms with E-state index in [-0.39, 0.29) is 0 Å². The Bertz CT molecular complexity index is 798. The molecule has 2 heteroatoms. The van der Waals surface area contributed by atoms with Crippen molar-refractivity contribution >= 4 is 17.5 Å². The molecule has 3 aliphatic rings. The molecule has 24 heavy (non-hydrogen) atoms. The van der Waals surface area contributed by atoms with Gasteiger partial charge in [-0.1, -0.05) is 56.4 Å². The minimum Gasteiger partial charge on any atom is -0.360 e. The number of aromatic amines is 1. The molecule has 1 aliphatic heterocycles. The largest absolute Gasteiger partial charge is 0.360 e. The summed E-state index contributed by atoms with van der Waals surface area (Å²) in [4.78, 5) is 6.03. The van der Waals surface area contributed by atoms with E-state index >= 15 is 0 Å². The molecule has 1 N–H and O–H groups in total. The summed E-state index contributed by atoms with van der Waals surface area (Å²) in [5.41, 5.74) is 6.78. The topological polar surface area (TPSA) is 19.0 Å². The molecule has 124 valence electrons. The summed E-state index contributed by atoms with van der Waals surface area (Å²) >= 11 is 0. The van der Waals surface area contributed by atoms with Crippen LogP contribution in [-0.4, -0.2) is 18.6 Å². The van der Waals surface area contributed by atoms with Crippen LogP contribution in [0.5, 0.6) is 0 Å². The normalized spacial score (nSPS) is 26.0. The minimum absolute atomic E-state index is 0.518. The number of fused-ring (bicyclic) bond motifs is 2. The van der Waals surface area contributed by atoms with Crippen molar-refractivity contribution in [2.45, 2.75) is 26.7 Å². The number of anilines is 1. The third-order valence-corrected chi connectivity index (χ3v) is 5.20. The van der Waals surface area contributed by atoms with Crippen LogP contribution in [0, 0.1) is 11.8 Å². The molecule has 2 nitrogen and oxygen atoms in total. The third-order valence-electron chi connectivity index (χ3n) is 5.20. The highest BCUT2D eigenvalue weighted by molar-refractivity contribution is 5.86. The van der Waals surface area contributed by atoms with Crippen LogP contribution in [0.2, 0.25) is 0 Å². The van der Waals surface area contributed by atoms with Crippen molar-refractivity contribution in [3.05, 3.63) is 64.9 Å². The number of allylic oxidation sites excluding steroid dienone is 8. The van der Waals surface area contributed by atoms with Crippen molar-refractivity contribution in [2.75, 3.05) is 18.5 Å². The summed E-state index contributed by atoms with van der Waals surface area (Å²) in [7, 11) is 2.18. The lowest BCUT2D eigenvalue weighted by molar-refractivity contribution is 0.706. The Morgan fingerprint density at radius 3 is 2.92 bits per heavy atom. The van der Waals surface area contributed by atoms with E-state index in [4.69, 9.17) is 0 Å². The number of hydrogen-bond acceptors (Lipinski definition) is 1. The maximum absolute atomic E-state index is 3.69. The smallest absolute Gasteiger partial charge is 0.113 e. The molecule has 0 saturated heterocycles. The Labute approximate surface area is 145 Å². The van der Waals surface area contributed by atoms with E-state index in [1.807, 2.05) is 0 Å². The molecule has 2 heterocycles. The van der Waals surface area contributed by atoms with Gasteiger partial charge in [0.1, 0.15) is 5.82 Å². The van der Waals surface area contributed by atoms with Gasteiger partial charge in [0.25, 0.3) is 0 Å². The van der Waals surface area contributed by atoms with Crippen LogP contribution in [0.3, 0.4) is 0 Å². The molecule has 1 aromatic rings. The number of nitrogens with zero attached hydrogens (tertiary/aromatic N) is 1. The highest BCUT2D eigenvalue weighted by Gasteiger charge is 2.22. The fourth-order valence-electron chi connectivity index (χ4n) is 4.01. The predicted octanol–water partition coefficient (Wildman–Crippen LogP) is 5.35. The van der Waals surface area contributed by atoms with E-state index in [1.165, 1.54) is 33.8 Å². The van der Waals surface area contributed by atoms with Gasteiger partial charge in [-0.05, 0) is 41.9 Å². The van der Waals surface area contributed by atoms with Gasteiger partial charge in [-0.25, -0.2) is 0 Å². The standard InChI is InChI=1S/C22H26N2/c1-15-6-4-8-19-17(12-15)7-5-9-20(19)21-13-18-11-10-16(2)14-24(3)22(18)23-21/h4,6,8-13,15-16,23H,5,7,14H2,1-3H3. The lowest BCUT2D eigenvalue weighted by Crippen LogP contribution is -2.22. The molecule has 0 radical (unpaired) electrons. The zero-order valence-corrected chi connectivity index (χ0v) is 14.8. The molecule has 0 saturated carbocycles. The number of aromatic nitrogens is 1. The number of H-pyrrole nitrogens is 1. The van der Waals surface area contributed by atoms with Gasteiger partial charge in [-0.3, -0.25) is 0 Å². The quantitative estimate of drug-likeness (QED) is 0.739. The summed E-state index contributed by atoms with van der Waals surface area (Å²) in [5, 5.41) is 0. The third kappa shape index (κ3) is 2.71. The van der Waals surface area contributed by atoms with E-state index in [0.717, 1.165) is 19.4 Å². The second-order valence-electron chi connectivity index (χ2n) is 7.38. The molecule has 0 aromatic carbocycles. The van der Waals surface area contributed by atoms with Gasteiger partial charge < -0.3 is 9.88 Å². The van der Waals surface area contributed by atoms with Crippen LogP contribution in [0.25, 0.3) is 11.6 Å². The Kier molecular flexibility index (Phi) is 3.84. The van der Waals surface area contributed by atoms with E-state index in [0.29, 0.717) is 11.8 Å². The maximum Gasteiger partial charge on any atom is 0.113 e. The molecule has 0 spiro atoms. The average Bonchev–Trinajstić information content (AvgIpc) is 2.81. The molecule has 2 atom stereocenters. The predicted molar refractivity (Wildman–Crippen MR) is 104 cm³/mol. The maximum atomic E-state index is 3.69. The monoisotopic (exact) mass is 318 g/mol. The van der Waals surface area contributed by atoms with Gasteiger partial charge >= 0.3 is 0 Å². The van der Waals surface area contributed by atoms with Crippen molar-refractivity contribution in [3.63, 3.8) is 0 Å². The van der Waals surface area contributed by atoms with Crippen molar-refractivity contribution < 1.29 is 0 Å². The Morgan fingerprint density at radius 2 is 2.04 bits per heavy atom. The number of nitrogens with one attached hydrogen (secondary N) is 1. The molecule has 2 aliphatic carbocycles. The Morgan fingerprint density at radius 1 is 1.17 bits per heavy atom. The SMILES string of the molecule is CC1C=CC=C2C(=C1)CCC=C2c1cc2c([nH]1)N(C)CC(C)C=C2. The van der Waals surface area contributed by atoms with Crippen LogP contribution in [0.1, 0.15) is 37.9 Å². The fraction of sp³-hybridized carbons (Fsp3) is 0.364. The lowest BCUT2D eigenvalue weighted by Gasteiger charge is -2.21. The van der Waals surface area contributed by atoms with Crippen LogP contribution in [0.15, 0.2) is 53.7 Å². The Balaban J connectivity index is 1.76. The van der Waals surface area contributed by atoms with E-state index in [1.54, 1.807) is 0 Å². The van der Waals surface area contributed by atoms with Crippen LogP contribution in [-0.2, 0) is 0 Å². The first-order valence-corrected chi connectivity index (χ1v) is 9.04. The summed E-state index contributed by atoms with van der Waals surface area (Å²) in [6, 6.07) is 2.31. The molecule has 0 amide bonds. The van der Waals surface area contributed by atoms with Crippen LogP contribution >= 0.6 is 0 Å². The van der Waals surface area contributed by atoms with Crippen LogP contribution in [0.4, 0.5) is 5.82 Å². The first-order chi connectivity index (χ1) is 11.6. The highest BCUT2D eigenvalue weighted by atomic mass is 15.2. The van der Waals surface area contributed by atoms with E-state index in [2.05, 4.69) is 79.4 Å². The summed E-state index contributed by atoms with van der Waals surface area (Å²) in [6.07, 6.45) is 18.4. The van der Waals surface area contributed by atoms with Gasteiger partial charge in [-0.15, -0.1) is 0 Å². The zero-order chi connectivity index (χ0) is 16.7. The van der Waals surface area contributed by atoms with E-state index in [9.17, 15) is 0 Å². The molecular weight excluding hydrogens is 292 g/mol. The molecule has 0 bridgehead atoms. The van der Waals surface area contributed by atoms with Crippen LogP contribution < -0.4 is 4.90 Å². The minimum atomic E-state index is 0.518. The lowest BCUT2D eigenvalue weighted by atomic mass is 9.86. The number of hydrogen-bond donors (Lipinski definition) is 1. The molecule has 4 rings (SSSR count). The molecule has 1 aromatic heterocycles. The van der Waals surface area contributed by atoms with Gasteiger partial charge in [-0.2, -0.15) is 0 Å². The first kappa shape index (κ1) is 15.3. The first-order valence-electron chi connectivity index (χ1n) is 9.04. The van der Waals surface area contributed by atoms with Gasteiger partial charge in [0.2, 0.25) is 0 Å².